The summed E-state index contributed by atoms with van der Waals surface area (Å²) in [6, 6.07) is 0. The fourth-order valence-electron chi connectivity index (χ4n) is 3.79. The molecule has 1 spiro atoms. The third-order valence-electron chi connectivity index (χ3n) is 5.00. The first-order valence-corrected chi connectivity index (χ1v) is 8.91. The molecule has 3 aliphatic rings. The Morgan fingerprint density at radius 1 is 1.21 bits per heavy atom. The second-order valence-electron chi connectivity index (χ2n) is 6.28. The van der Waals surface area contributed by atoms with Crippen LogP contribution >= 0.6 is 11.8 Å². The summed E-state index contributed by atoms with van der Waals surface area (Å²) in [6.07, 6.45) is 6.47. The van der Waals surface area contributed by atoms with Crippen molar-refractivity contribution in [1.82, 2.24) is 5.32 Å². The van der Waals surface area contributed by atoms with Crippen molar-refractivity contribution in [3.05, 3.63) is 0 Å². The van der Waals surface area contributed by atoms with Gasteiger partial charge in [-0.25, -0.2) is 0 Å². The highest BCUT2D eigenvalue weighted by Gasteiger charge is 2.42. The molecule has 2 unspecified atom stereocenters. The van der Waals surface area contributed by atoms with Gasteiger partial charge in [-0.05, 0) is 56.6 Å². The van der Waals surface area contributed by atoms with Crippen LogP contribution < -0.4 is 5.32 Å². The minimum absolute atomic E-state index is 0.0475. The van der Waals surface area contributed by atoms with Gasteiger partial charge in [-0.1, -0.05) is 0 Å². The van der Waals surface area contributed by atoms with E-state index in [0.717, 1.165) is 58.2 Å². The van der Waals surface area contributed by atoms with Crippen LogP contribution in [0.4, 0.5) is 0 Å². The lowest BCUT2D eigenvalue weighted by Gasteiger charge is -2.43. The number of ketones is 1. The molecule has 0 aromatic carbocycles. The molecule has 3 saturated heterocycles. The molecule has 2 atom stereocenters. The van der Waals surface area contributed by atoms with Crippen LogP contribution in [0.2, 0.25) is 0 Å². The Labute approximate surface area is 120 Å². The van der Waals surface area contributed by atoms with Gasteiger partial charge in [0.1, 0.15) is 5.78 Å². The average Bonchev–Trinajstić information content (AvgIpc) is 2.48. The lowest BCUT2D eigenvalue weighted by atomic mass is 9.76. The van der Waals surface area contributed by atoms with E-state index in [1.807, 2.05) is 11.8 Å². The van der Waals surface area contributed by atoms with Gasteiger partial charge in [-0.3, -0.25) is 4.79 Å². The second kappa shape index (κ2) is 6.15. The maximum Gasteiger partial charge on any atom is 0.140 e. The molecule has 0 radical (unpaired) electrons. The van der Waals surface area contributed by atoms with E-state index in [9.17, 15) is 4.79 Å². The zero-order chi connectivity index (χ0) is 13.1. The number of carbonyl (C=O) groups is 1. The normalized spacial score (nSPS) is 35.2. The van der Waals surface area contributed by atoms with Crippen LogP contribution in [-0.4, -0.2) is 42.6 Å². The van der Waals surface area contributed by atoms with Crippen molar-refractivity contribution in [3.63, 3.8) is 0 Å². The molecule has 0 bridgehead atoms. The summed E-state index contributed by atoms with van der Waals surface area (Å²) in [5, 5.41) is 3.37. The molecule has 0 amide bonds. The lowest BCUT2D eigenvalue weighted by Crippen LogP contribution is -2.47. The Bertz CT molecular complexity index is 317. The number of hydrogen-bond donors (Lipinski definition) is 1. The average molecular weight is 283 g/mol. The number of carbonyl (C=O) groups excluding carboxylic acids is 1. The van der Waals surface area contributed by atoms with Gasteiger partial charge in [-0.15, -0.1) is 0 Å². The van der Waals surface area contributed by atoms with Gasteiger partial charge in [0, 0.05) is 25.0 Å². The summed E-state index contributed by atoms with van der Waals surface area (Å²) in [7, 11) is 0. The van der Waals surface area contributed by atoms with Crippen LogP contribution in [0.5, 0.6) is 0 Å². The van der Waals surface area contributed by atoms with Gasteiger partial charge < -0.3 is 10.1 Å². The molecule has 3 aliphatic heterocycles. The molecule has 0 aromatic heterocycles. The molecule has 3 fully saturated rings. The third-order valence-corrected chi connectivity index (χ3v) is 5.98. The Balaban J connectivity index is 1.62. The predicted molar refractivity (Wildman–Crippen MR) is 78.6 cm³/mol. The molecule has 108 valence electrons. The van der Waals surface area contributed by atoms with E-state index in [0.29, 0.717) is 5.78 Å². The fourth-order valence-corrected chi connectivity index (χ4v) is 5.03. The summed E-state index contributed by atoms with van der Waals surface area (Å²) < 4.78 is 6.09. The minimum atomic E-state index is 0.0475. The molecule has 0 saturated carbocycles. The maximum atomic E-state index is 12.7. The molecular weight excluding hydrogens is 258 g/mol. The van der Waals surface area contributed by atoms with Crippen molar-refractivity contribution in [2.75, 3.05) is 31.2 Å². The molecule has 3 heterocycles. The van der Waals surface area contributed by atoms with Gasteiger partial charge >= 0.3 is 0 Å². The van der Waals surface area contributed by atoms with Crippen molar-refractivity contribution in [3.8, 4) is 0 Å². The summed E-state index contributed by atoms with van der Waals surface area (Å²) in [5.41, 5.74) is 0.0475. The number of ether oxygens (including phenoxy) is 1. The van der Waals surface area contributed by atoms with E-state index in [-0.39, 0.29) is 17.4 Å². The number of hydrogen-bond acceptors (Lipinski definition) is 4. The molecule has 4 heteroatoms. The van der Waals surface area contributed by atoms with Crippen LogP contribution in [0.3, 0.4) is 0 Å². The molecule has 3 rings (SSSR count). The SMILES string of the molecule is O=C(C1CCCNC1)C1CCOC2(CCSCC2)C1. The first kappa shape index (κ1) is 13.9. The van der Waals surface area contributed by atoms with Crippen molar-refractivity contribution >= 4 is 17.5 Å². The van der Waals surface area contributed by atoms with Gasteiger partial charge in [-0.2, -0.15) is 11.8 Å². The van der Waals surface area contributed by atoms with Crippen molar-refractivity contribution in [2.24, 2.45) is 11.8 Å². The Kier molecular flexibility index (Phi) is 4.50. The lowest BCUT2D eigenvalue weighted by molar-refractivity contribution is -0.142. The largest absolute Gasteiger partial charge is 0.375 e. The van der Waals surface area contributed by atoms with Crippen LogP contribution in [-0.2, 0) is 9.53 Å². The summed E-state index contributed by atoms with van der Waals surface area (Å²) in [4.78, 5) is 12.7. The molecule has 1 N–H and O–H groups in total. The number of Topliss-reactive ketones (excluding diaryl/α,β-unsaturated/α-hetero) is 1. The van der Waals surface area contributed by atoms with Crippen molar-refractivity contribution in [1.29, 1.82) is 0 Å². The smallest absolute Gasteiger partial charge is 0.140 e. The van der Waals surface area contributed by atoms with E-state index in [4.69, 9.17) is 4.74 Å². The van der Waals surface area contributed by atoms with E-state index in [2.05, 4.69) is 5.32 Å². The molecular formula is C15H25NO2S. The van der Waals surface area contributed by atoms with Crippen molar-refractivity contribution < 1.29 is 9.53 Å². The standard InChI is InChI=1S/C15H25NO2S/c17-14(13-2-1-6-16-11-13)12-3-7-18-15(10-12)4-8-19-9-5-15/h12-13,16H,1-11H2. The first-order chi connectivity index (χ1) is 9.29. The molecule has 3 nitrogen and oxygen atoms in total. The number of rotatable bonds is 2. The van der Waals surface area contributed by atoms with E-state index in [1.165, 1.54) is 11.5 Å². The Morgan fingerprint density at radius 3 is 2.79 bits per heavy atom. The number of nitrogens with one attached hydrogen (secondary N) is 1. The van der Waals surface area contributed by atoms with Crippen LogP contribution in [0.25, 0.3) is 0 Å². The quantitative estimate of drug-likeness (QED) is 0.843. The minimum Gasteiger partial charge on any atom is -0.375 e. The maximum absolute atomic E-state index is 12.7. The molecule has 0 aliphatic carbocycles. The van der Waals surface area contributed by atoms with Gasteiger partial charge in [0.2, 0.25) is 0 Å². The summed E-state index contributed by atoms with van der Waals surface area (Å²) >= 11 is 2.03. The summed E-state index contributed by atoms with van der Waals surface area (Å²) in [5.74, 6) is 3.46. The fraction of sp³-hybridized carbons (Fsp3) is 0.933. The third kappa shape index (κ3) is 3.17. The Hall–Kier alpha value is -0.0600. The van der Waals surface area contributed by atoms with E-state index < -0.39 is 0 Å². The van der Waals surface area contributed by atoms with Gasteiger partial charge in [0.15, 0.2) is 0 Å². The number of thioether (sulfide) groups is 1. The zero-order valence-electron chi connectivity index (χ0n) is 11.7. The zero-order valence-corrected chi connectivity index (χ0v) is 12.5. The molecule has 19 heavy (non-hydrogen) atoms. The van der Waals surface area contributed by atoms with Crippen LogP contribution in [0.15, 0.2) is 0 Å². The second-order valence-corrected chi connectivity index (χ2v) is 7.50. The highest BCUT2D eigenvalue weighted by Crippen LogP contribution is 2.40. The van der Waals surface area contributed by atoms with Crippen molar-refractivity contribution in [2.45, 2.75) is 44.1 Å². The van der Waals surface area contributed by atoms with Gasteiger partial charge in [0.05, 0.1) is 5.60 Å². The monoisotopic (exact) mass is 283 g/mol. The van der Waals surface area contributed by atoms with Gasteiger partial charge in [0.25, 0.3) is 0 Å². The summed E-state index contributed by atoms with van der Waals surface area (Å²) in [6.45, 7) is 2.78. The van der Waals surface area contributed by atoms with E-state index in [1.54, 1.807) is 0 Å². The topological polar surface area (TPSA) is 38.3 Å². The predicted octanol–water partition coefficient (Wildman–Crippen LogP) is 2.25. The number of piperidine rings is 1. The van der Waals surface area contributed by atoms with Crippen LogP contribution in [0, 0.1) is 11.8 Å². The van der Waals surface area contributed by atoms with E-state index >= 15 is 0 Å². The van der Waals surface area contributed by atoms with Crippen LogP contribution in [0.1, 0.15) is 38.5 Å². The highest BCUT2D eigenvalue weighted by molar-refractivity contribution is 7.99. The first-order valence-electron chi connectivity index (χ1n) is 7.75. The molecule has 0 aromatic rings. The Morgan fingerprint density at radius 2 is 2.05 bits per heavy atom. The highest BCUT2D eigenvalue weighted by atomic mass is 32.2.